The summed E-state index contributed by atoms with van der Waals surface area (Å²) < 4.78 is 25.9. The molecule has 98 valence electrons. The maximum atomic E-state index is 12.3. The molecule has 0 N–H and O–H groups in total. The summed E-state index contributed by atoms with van der Waals surface area (Å²) in [5, 5.41) is 0. The van der Waals surface area contributed by atoms with Gasteiger partial charge in [0.1, 0.15) is 0 Å². The molecular weight excluding hydrogens is 246 g/mol. The molecule has 0 spiro atoms. The highest BCUT2D eigenvalue weighted by Gasteiger charge is 2.20. The summed E-state index contributed by atoms with van der Waals surface area (Å²) in [6.07, 6.45) is 4.66. The molecule has 1 aromatic carbocycles. The van der Waals surface area contributed by atoms with E-state index in [1.807, 2.05) is 6.92 Å². The Kier molecular flexibility index (Phi) is 5.16. The molecule has 0 heterocycles. The van der Waals surface area contributed by atoms with Gasteiger partial charge in [-0.2, -0.15) is 0 Å². The van der Waals surface area contributed by atoms with Gasteiger partial charge >= 0.3 is 0 Å². The third kappa shape index (κ3) is 3.47. The van der Waals surface area contributed by atoms with Crippen LogP contribution >= 0.6 is 0 Å². The van der Waals surface area contributed by atoms with Crippen molar-refractivity contribution in [3.8, 4) is 0 Å². The van der Waals surface area contributed by atoms with Crippen LogP contribution in [0.5, 0.6) is 0 Å². The van der Waals surface area contributed by atoms with Crippen molar-refractivity contribution in [3.63, 3.8) is 0 Å². The van der Waals surface area contributed by atoms with Crippen LogP contribution in [0, 0.1) is 6.92 Å². The highest BCUT2D eigenvalue weighted by atomic mass is 32.2. The van der Waals surface area contributed by atoms with Crippen LogP contribution in [0.25, 0.3) is 0 Å². The average Bonchev–Trinajstić information content (AvgIpc) is 2.35. The molecule has 0 amide bonds. The minimum absolute atomic E-state index is 0.298. The van der Waals surface area contributed by atoms with E-state index in [9.17, 15) is 8.42 Å². The fraction of sp³-hybridized carbons (Fsp3) is 0.286. The quantitative estimate of drug-likeness (QED) is 0.561. The van der Waals surface area contributed by atoms with E-state index in [0.717, 1.165) is 18.4 Å². The molecular formula is C14H19NO2S. The molecule has 0 radical (unpaired) electrons. The summed E-state index contributed by atoms with van der Waals surface area (Å²) in [5.41, 5.74) is 1.03. The lowest BCUT2D eigenvalue weighted by Gasteiger charge is -2.19. The second-order valence-corrected chi connectivity index (χ2v) is 5.93. The Morgan fingerprint density at radius 1 is 1.22 bits per heavy atom. The summed E-state index contributed by atoms with van der Waals surface area (Å²) in [6, 6.07) is 6.82. The van der Waals surface area contributed by atoms with E-state index in [4.69, 9.17) is 0 Å². The Morgan fingerprint density at radius 3 is 2.33 bits per heavy atom. The molecule has 0 saturated heterocycles. The summed E-state index contributed by atoms with van der Waals surface area (Å²) in [6.45, 7) is 9.53. The lowest BCUT2D eigenvalue weighted by atomic mass is 10.2. The van der Waals surface area contributed by atoms with Gasteiger partial charge in [0.05, 0.1) is 4.90 Å². The van der Waals surface area contributed by atoms with Gasteiger partial charge in [0.25, 0.3) is 10.0 Å². The zero-order chi connectivity index (χ0) is 13.6. The zero-order valence-electron chi connectivity index (χ0n) is 10.7. The first-order valence-corrected chi connectivity index (χ1v) is 7.28. The van der Waals surface area contributed by atoms with E-state index in [1.165, 1.54) is 10.5 Å². The Labute approximate surface area is 109 Å². The summed E-state index contributed by atoms with van der Waals surface area (Å²) in [7, 11) is -3.47. The fourth-order valence-electron chi connectivity index (χ4n) is 1.55. The van der Waals surface area contributed by atoms with E-state index in [2.05, 4.69) is 13.2 Å². The number of aryl methyl sites for hydroxylation is 1. The van der Waals surface area contributed by atoms with Crippen molar-refractivity contribution >= 4 is 10.0 Å². The number of sulfonamides is 1. The molecule has 0 fully saturated rings. The molecule has 0 aliphatic heterocycles. The minimum atomic E-state index is -3.47. The van der Waals surface area contributed by atoms with E-state index >= 15 is 0 Å². The second kappa shape index (κ2) is 6.40. The van der Waals surface area contributed by atoms with Crippen molar-refractivity contribution in [1.82, 2.24) is 4.31 Å². The molecule has 0 aliphatic rings. The van der Waals surface area contributed by atoms with Gasteiger partial charge in [0.2, 0.25) is 0 Å². The van der Waals surface area contributed by atoms with Gasteiger partial charge in [-0.1, -0.05) is 30.4 Å². The Balaban J connectivity index is 2.92. The number of unbranched alkanes of at least 4 members (excludes halogenated alkanes) is 1. The molecule has 0 aliphatic carbocycles. The Morgan fingerprint density at radius 2 is 1.83 bits per heavy atom. The highest BCUT2D eigenvalue weighted by molar-refractivity contribution is 7.89. The second-order valence-electron chi connectivity index (χ2n) is 4.04. The largest absolute Gasteiger partial charge is 0.274 e. The molecule has 0 atom stereocenters. The Hall–Kier alpha value is -1.55. The fourth-order valence-corrected chi connectivity index (χ4v) is 2.86. The van der Waals surface area contributed by atoms with Gasteiger partial charge in [0.15, 0.2) is 0 Å². The predicted molar refractivity (Wildman–Crippen MR) is 74.7 cm³/mol. The zero-order valence-corrected chi connectivity index (χ0v) is 11.5. The molecule has 4 heteroatoms. The summed E-state index contributed by atoms with van der Waals surface area (Å²) >= 11 is 0. The van der Waals surface area contributed by atoms with Crippen molar-refractivity contribution in [2.24, 2.45) is 0 Å². The van der Waals surface area contributed by atoms with Crippen LogP contribution in [-0.2, 0) is 10.0 Å². The van der Waals surface area contributed by atoms with Crippen molar-refractivity contribution < 1.29 is 8.42 Å². The van der Waals surface area contributed by atoms with E-state index in [1.54, 1.807) is 30.3 Å². The number of rotatable bonds is 7. The minimum Gasteiger partial charge on any atom is -0.274 e. The number of hydrogen-bond acceptors (Lipinski definition) is 2. The third-order valence-electron chi connectivity index (χ3n) is 2.62. The molecule has 0 saturated carbocycles. The number of hydrogen-bond donors (Lipinski definition) is 0. The summed E-state index contributed by atoms with van der Waals surface area (Å²) in [5.74, 6) is 0. The molecule has 3 nitrogen and oxygen atoms in total. The predicted octanol–water partition coefficient (Wildman–Crippen LogP) is 3.10. The van der Waals surface area contributed by atoms with Crippen LogP contribution in [0.2, 0.25) is 0 Å². The topological polar surface area (TPSA) is 37.4 Å². The average molecular weight is 265 g/mol. The van der Waals surface area contributed by atoms with Gasteiger partial charge < -0.3 is 0 Å². The van der Waals surface area contributed by atoms with Crippen LogP contribution in [0.15, 0.2) is 54.6 Å². The number of nitrogens with zero attached hydrogens (tertiary/aromatic N) is 1. The van der Waals surface area contributed by atoms with Gasteiger partial charge in [-0.05, 0) is 31.9 Å². The number of allylic oxidation sites excluding steroid dienone is 1. The molecule has 0 aromatic heterocycles. The molecule has 0 unspecified atom stereocenters. The van der Waals surface area contributed by atoms with E-state index in [0.29, 0.717) is 11.4 Å². The van der Waals surface area contributed by atoms with Gasteiger partial charge in [-0.3, -0.25) is 4.31 Å². The van der Waals surface area contributed by atoms with E-state index < -0.39 is 10.0 Å². The van der Waals surface area contributed by atoms with Crippen LogP contribution in [0.4, 0.5) is 0 Å². The van der Waals surface area contributed by atoms with Crippen molar-refractivity contribution in [3.05, 3.63) is 55.3 Å². The maximum Gasteiger partial charge on any atom is 0.263 e. The standard InChI is InChI=1S/C14H19NO2S/c1-4-6-7-12-15(5-2)18(16,17)14-10-8-13(3)9-11-14/h4-5,8-11H,1-2,6-7,12H2,3H3. The van der Waals surface area contributed by atoms with Crippen LogP contribution in [-0.4, -0.2) is 19.3 Å². The third-order valence-corrected chi connectivity index (χ3v) is 4.43. The monoisotopic (exact) mass is 265 g/mol. The summed E-state index contributed by atoms with van der Waals surface area (Å²) in [4.78, 5) is 0.298. The molecule has 0 bridgehead atoms. The van der Waals surface area contributed by atoms with E-state index in [-0.39, 0.29) is 0 Å². The van der Waals surface area contributed by atoms with Crippen molar-refractivity contribution in [2.75, 3.05) is 6.54 Å². The highest BCUT2D eigenvalue weighted by Crippen LogP contribution is 2.17. The molecule has 18 heavy (non-hydrogen) atoms. The van der Waals surface area contributed by atoms with Gasteiger partial charge in [-0.25, -0.2) is 8.42 Å². The maximum absolute atomic E-state index is 12.3. The van der Waals surface area contributed by atoms with Crippen LogP contribution in [0.3, 0.4) is 0 Å². The van der Waals surface area contributed by atoms with Crippen LogP contribution < -0.4 is 0 Å². The molecule has 1 rings (SSSR count). The van der Waals surface area contributed by atoms with Gasteiger partial charge in [0, 0.05) is 12.7 Å². The van der Waals surface area contributed by atoms with Crippen molar-refractivity contribution in [2.45, 2.75) is 24.7 Å². The normalized spacial score (nSPS) is 10.9. The first kappa shape index (κ1) is 14.5. The SMILES string of the molecule is C=CCCCN(C=C)S(=O)(=O)c1ccc(C)cc1. The first-order chi connectivity index (χ1) is 8.52. The first-order valence-electron chi connectivity index (χ1n) is 5.84. The lowest BCUT2D eigenvalue weighted by molar-refractivity contribution is 0.491. The molecule has 1 aromatic rings. The van der Waals surface area contributed by atoms with Crippen LogP contribution in [0.1, 0.15) is 18.4 Å². The number of benzene rings is 1. The lowest BCUT2D eigenvalue weighted by Crippen LogP contribution is -2.26. The van der Waals surface area contributed by atoms with Gasteiger partial charge in [-0.15, -0.1) is 6.58 Å². The van der Waals surface area contributed by atoms with Crippen molar-refractivity contribution in [1.29, 1.82) is 0 Å². The smallest absolute Gasteiger partial charge is 0.263 e. The Bertz CT molecular complexity index is 503.